The second-order valence-corrected chi connectivity index (χ2v) is 8.21. The Morgan fingerprint density at radius 1 is 1.12 bits per heavy atom. The monoisotopic (exact) mass is 394 g/mol. The molecule has 0 heterocycles. The molecule has 0 spiro atoms. The van der Waals surface area contributed by atoms with E-state index in [9.17, 15) is 13.2 Å². The van der Waals surface area contributed by atoms with Gasteiger partial charge in [0, 0.05) is 24.5 Å². The van der Waals surface area contributed by atoms with Gasteiger partial charge in [-0.3, -0.25) is 4.79 Å². The Morgan fingerprint density at radius 2 is 1.81 bits per heavy atom. The molecule has 140 valence electrons. The summed E-state index contributed by atoms with van der Waals surface area (Å²) in [6.07, 6.45) is 0.928. The molecule has 0 aliphatic rings. The molecule has 26 heavy (non-hydrogen) atoms. The van der Waals surface area contributed by atoms with E-state index >= 15 is 0 Å². The summed E-state index contributed by atoms with van der Waals surface area (Å²) < 4.78 is 25.7. The highest BCUT2D eigenvalue weighted by molar-refractivity contribution is 7.89. The number of benzene rings is 2. The number of hydrogen-bond donors (Lipinski definition) is 1. The molecule has 0 aliphatic carbocycles. The summed E-state index contributed by atoms with van der Waals surface area (Å²) in [7, 11) is -2.06. The van der Waals surface area contributed by atoms with Crippen LogP contribution in [0.5, 0.6) is 0 Å². The van der Waals surface area contributed by atoms with Crippen molar-refractivity contribution >= 4 is 27.5 Å². The SMILES string of the molecule is CCN(Cc1cccc(Cl)c1)C(=O)CCc1ccc(S(=O)(=O)NC)cc1. The van der Waals surface area contributed by atoms with E-state index in [2.05, 4.69) is 4.72 Å². The Hall–Kier alpha value is -1.89. The quantitative estimate of drug-likeness (QED) is 0.747. The van der Waals surface area contributed by atoms with Gasteiger partial charge in [-0.15, -0.1) is 0 Å². The molecule has 2 aromatic rings. The summed E-state index contributed by atoms with van der Waals surface area (Å²) in [5, 5.41) is 0.655. The lowest BCUT2D eigenvalue weighted by molar-refractivity contribution is -0.131. The summed E-state index contributed by atoms with van der Waals surface area (Å²) in [6.45, 7) is 3.08. The number of nitrogens with zero attached hydrogens (tertiary/aromatic N) is 1. The normalized spacial score (nSPS) is 11.3. The molecule has 0 unspecified atom stereocenters. The molecule has 1 amide bonds. The lowest BCUT2D eigenvalue weighted by atomic mass is 10.1. The zero-order valence-corrected chi connectivity index (χ0v) is 16.5. The Bertz CT molecular complexity index is 851. The minimum atomic E-state index is -3.44. The number of halogens is 1. The average molecular weight is 395 g/mol. The van der Waals surface area contributed by atoms with Crippen molar-refractivity contribution in [1.29, 1.82) is 0 Å². The van der Waals surface area contributed by atoms with E-state index in [1.54, 1.807) is 35.2 Å². The third kappa shape index (κ3) is 5.56. The van der Waals surface area contributed by atoms with Crippen molar-refractivity contribution < 1.29 is 13.2 Å². The van der Waals surface area contributed by atoms with Gasteiger partial charge in [0.1, 0.15) is 0 Å². The molecule has 0 saturated heterocycles. The summed E-state index contributed by atoms with van der Waals surface area (Å²) in [6, 6.07) is 14.1. The molecule has 0 atom stereocenters. The third-order valence-electron chi connectivity index (χ3n) is 4.13. The van der Waals surface area contributed by atoms with Crippen LogP contribution in [-0.4, -0.2) is 32.8 Å². The van der Waals surface area contributed by atoms with E-state index < -0.39 is 10.0 Å². The number of nitrogens with one attached hydrogen (secondary N) is 1. The molecular weight excluding hydrogens is 372 g/mol. The van der Waals surface area contributed by atoms with Gasteiger partial charge in [0.25, 0.3) is 0 Å². The van der Waals surface area contributed by atoms with Crippen LogP contribution in [0.3, 0.4) is 0 Å². The van der Waals surface area contributed by atoms with Crippen molar-refractivity contribution in [3.63, 3.8) is 0 Å². The van der Waals surface area contributed by atoms with Crippen molar-refractivity contribution in [1.82, 2.24) is 9.62 Å². The number of rotatable bonds is 8. The molecule has 0 aromatic heterocycles. The van der Waals surface area contributed by atoms with Gasteiger partial charge in [0.05, 0.1) is 4.90 Å². The maximum Gasteiger partial charge on any atom is 0.240 e. The van der Waals surface area contributed by atoms with Gasteiger partial charge in [-0.25, -0.2) is 13.1 Å². The summed E-state index contributed by atoms with van der Waals surface area (Å²) in [5.74, 6) is 0.0550. The highest BCUT2D eigenvalue weighted by Crippen LogP contribution is 2.15. The van der Waals surface area contributed by atoms with Crippen molar-refractivity contribution in [2.24, 2.45) is 0 Å². The number of carbonyl (C=O) groups is 1. The smallest absolute Gasteiger partial charge is 0.240 e. The van der Waals surface area contributed by atoms with E-state index in [0.29, 0.717) is 31.0 Å². The first-order valence-electron chi connectivity index (χ1n) is 8.40. The zero-order chi connectivity index (χ0) is 19.2. The Kier molecular flexibility index (Phi) is 7.20. The van der Waals surface area contributed by atoms with Crippen LogP contribution in [-0.2, 0) is 27.8 Å². The lowest BCUT2D eigenvalue weighted by Gasteiger charge is -2.21. The van der Waals surface area contributed by atoms with Crippen molar-refractivity contribution in [3.8, 4) is 0 Å². The molecular formula is C19H23ClN2O3S. The second kappa shape index (κ2) is 9.16. The third-order valence-corrected chi connectivity index (χ3v) is 5.79. The van der Waals surface area contributed by atoms with Crippen LogP contribution in [0.15, 0.2) is 53.4 Å². The van der Waals surface area contributed by atoms with Crippen molar-refractivity contribution in [3.05, 3.63) is 64.7 Å². The Morgan fingerprint density at radius 3 is 2.38 bits per heavy atom. The fourth-order valence-corrected chi connectivity index (χ4v) is 3.54. The zero-order valence-electron chi connectivity index (χ0n) is 14.9. The van der Waals surface area contributed by atoms with Gasteiger partial charge in [0.15, 0.2) is 0 Å². The molecule has 7 heteroatoms. The van der Waals surface area contributed by atoms with Gasteiger partial charge in [-0.2, -0.15) is 0 Å². The van der Waals surface area contributed by atoms with Gasteiger partial charge in [-0.05, 0) is 55.8 Å². The number of amides is 1. The average Bonchev–Trinajstić information content (AvgIpc) is 2.64. The van der Waals surface area contributed by atoms with E-state index in [4.69, 9.17) is 11.6 Å². The highest BCUT2D eigenvalue weighted by Gasteiger charge is 2.14. The van der Waals surface area contributed by atoms with E-state index in [-0.39, 0.29) is 10.8 Å². The van der Waals surface area contributed by atoms with E-state index in [0.717, 1.165) is 11.1 Å². The molecule has 0 bridgehead atoms. The summed E-state index contributed by atoms with van der Waals surface area (Å²) >= 11 is 6.00. The van der Waals surface area contributed by atoms with Crippen LogP contribution in [0.1, 0.15) is 24.5 Å². The second-order valence-electron chi connectivity index (χ2n) is 5.89. The largest absolute Gasteiger partial charge is 0.339 e. The van der Waals surface area contributed by atoms with Gasteiger partial charge >= 0.3 is 0 Å². The first kappa shape index (κ1) is 20.4. The standard InChI is InChI=1S/C19H23ClN2O3S/c1-3-22(14-16-5-4-6-17(20)13-16)19(23)12-9-15-7-10-18(11-8-15)26(24,25)21-2/h4-8,10-11,13,21H,3,9,12,14H2,1-2H3. The van der Waals surface area contributed by atoms with Crippen LogP contribution in [0.25, 0.3) is 0 Å². The molecule has 0 aliphatic heterocycles. The molecule has 0 radical (unpaired) electrons. The molecule has 0 saturated carbocycles. The van der Waals surface area contributed by atoms with Crippen LogP contribution in [0.4, 0.5) is 0 Å². The minimum Gasteiger partial charge on any atom is -0.339 e. The van der Waals surface area contributed by atoms with Gasteiger partial charge < -0.3 is 4.90 Å². The van der Waals surface area contributed by atoms with Crippen LogP contribution in [0.2, 0.25) is 5.02 Å². The highest BCUT2D eigenvalue weighted by atomic mass is 35.5. The van der Waals surface area contributed by atoms with E-state index in [1.807, 2.05) is 25.1 Å². The molecule has 1 N–H and O–H groups in total. The maximum absolute atomic E-state index is 12.5. The molecule has 0 fully saturated rings. The van der Waals surface area contributed by atoms with Crippen LogP contribution in [0, 0.1) is 0 Å². The number of sulfonamides is 1. The van der Waals surface area contributed by atoms with Gasteiger partial charge in [0.2, 0.25) is 15.9 Å². The lowest BCUT2D eigenvalue weighted by Crippen LogP contribution is -2.30. The first-order valence-corrected chi connectivity index (χ1v) is 10.3. The van der Waals surface area contributed by atoms with Crippen LogP contribution < -0.4 is 4.72 Å². The number of aryl methyl sites for hydroxylation is 1. The Labute approximate surface area is 160 Å². The molecule has 5 nitrogen and oxygen atoms in total. The van der Waals surface area contributed by atoms with Crippen molar-refractivity contribution in [2.45, 2.75) is 31.2 Å². The predicted molar refractivity (Wildman–Crippen MR) is 104 cm³/mol. The maximum atomic E-state index is 12.5. The summed E-state index contributed by atoms with van der Waals surface area (Å²) in [4.78, 5) is 14.5. The topological polar surface area (TPSA) is 66.5 Å². The van der Waals surface area contributed by atoms with Crippen molar-refractivity contribution in [2.75, 3.05) is 13.6 Å². The first-order chi connectivity index (χ1) is 12.4. The fraction of sp³-hybridized carbons (Fsp3) is 0.316. The van der Waals surface area contributed by atoms with E-state index in [1.165, 1.54) is 7.05 Å². The van der Waals surface area contributed by atoms with Gasteiger partial charge in [-0.1, -0.05) is 35.9 Å². The molecule has 2 rings (SSSR count). The fourth-order valence-electron chi connectivity index (χ4n) is 2.59. The Balaban J connectivity index is 1.96. The predicted octanol–water partition coefficient (Wildman–Crippen LogP) is 3.23. The number of carbonyl (C=O) groups excluding carboxylic acids is 1. The molecule has 2 aromatic carbocycles. The van der Waals surface area contributed by atoms with Crippen LogP contribution >= 0.6 is 11.6 Å². The summed E-state index contributed by atoms with van der Waals surface area (Å²) in [5.41, 5.74) is 1.92. The minimum absolute atomic E-state index is 0.0550. The number of hydrogen-bond acceptors (Lipinski definition) is 3.